The highest BCUT2D eigenvalue weighted by atomic mass is 16.5. The SMILES string of the molecule is COC=O.N#Cc1ccc(-c2ccc(CCN)cc2)cc1. The van der Waals surface area contributed by atoms with Crippen molar-refractivity contribution < 1.29 is 9.53 Å². The fourth-order valence-corrected chi connectivity index (χ4v) is 1.77. The van der Waals surface area contributed by atoms with E-state index in [1.807, 2.05) is 24.3 Å². The minimum Gasteiger partial charge on any atom is -0.471 e. The van der Waals surface area contributed by atoms with Crippen LogP contribution in [0.4, 0.5) is 0 Å². The number of hydrogen-bond donors (Lipinski definition) is 1. The molecule has 0 atom stereocenters. The molecule has 21 heavy (non-hydrogen) atoms. The van der Waals surface area contributed by atoms with Crippen molar-refractivity contribution in [3.8, 4) is 17.2 Å². The van der Waals surface area contributed by atoms with Gasteiger partial charge in [-0.25, -0.2) is 0 Å². The molecular formula is C17H18N2O2. The molecule has 2 N–H and O–H groups in total. The van der Waals surface area contributed by atoms with E-state index in [1.165, 1.54) is 12.7 Å². The summed E-state index contributed by atoms with van der Waals surface area (Å²) in [6.45, 7) is 1.05. The van der Waals surface area contributed by atoms with Crippen molar-refractivity contribution in [3.63, 3.8) is 0 Å². The van der Waals surface area contributed by atoms with Crippen LogP contribution in [0.15, 0.2) is 48.5 Å². The van der Waals surface area contributed by atoms with Gasteiger partial charge in [0.1, 0.15) is 0 Å². The molecular weight excluding hydrogens is 264 g/mol. The van der Waals surface area contributed by atoms with Gasteiger partial charge in [0.15, 0.2) is 0 Å². The summed E-state index contributed by atoms with van der Waals surface area (Å²) in [4.78, 5) is 8.95. The first-order chi connectivity index (χ1) is 10.2. The van der Waals surface area contributed by atoms with E-state index in [4.69, 9.17) is 15.8 Å². The largest absolute Gasteiger partial charge is 0.471 e. The van der Waals surface area contributed by atoms with Crippen molar-refractivity contribution >= 4 is 6.47 Å². The summed E-state index contributed by atoms with van der Waals surface area (Å²) in [6, 6.07) is 18.1. The molecule has 0 aromatic heterocycles. The average Bonchev–Trinajstić information content (AvgIpc) is 2.56. The first-order valence-corrected chi connectivity index (χ1v) is 6.51. The van der Waals surface area contributed by atoms with E-state index in [0.717, 1.165) is 17.5 Å². The number of hydrogen-bond acceptors (Lipinski definition) is 4. The Balaban J connectivity index is 0.000000491. The highest BCUT2D eigenvalue weighted by molar-refractivity contribution is 5.64. The van der Waals surface area contributed by atoms with Crippen LogP contribution in [0.3, 0.4) is 0 Å². The zero-order valence-corrected chi connectivity index (χ0v) is 12.0. The van der Waals surface area contributed by atoms with Gasteiger partial charge in [0.05, 0.1) is 18.7 Å². The summed E-state index contributed by atoms with van der Waals surface area (Å²) < 4.78 is 3.86. The quantitative estimate of drug-likeness (QED) is 0.874. The Kier molecular flexibility index (Phi) is 7.26. The topological polar surface area (TPSA) is 76.1 Å². The minimum atomic E-state index is 0.375. The van der Waals surface area contributed by atoms with Gasteiger partial charge in [0.2, 0.25) is 0 Å². The Morgan fingerprint density at radius 3 is 1.95 bits per heavy atom. The van der Waals surface area contributed by atoms with Crippen LogP contribution in [-0.2, 0) is 16.0 Å². The number of benzene rings is 2. The molecule has 0 aliphatic rings. The molecule has 0 fully saturated rings. The molecule has 2 aromatic rings. The second-order valence-corrected chi connectivity index (χ2v) is 4.26. The van der Waals surface area contributed by atoms with E-state index in [1.54, 1.807) is 0 Å². The smallest absolute Gasteiger partial charge is 0.292 e. The van der Waals surface area contributed by atoms with Gasteiger partial charge >= 0.3 is 0 Å². The van der Waals surface area contributed by atoms with Crippen molar-refractivity contribution in [2.75, 3.05) is 13.7 Å². The number of nitriles is 1. The van der Waals surface area contributed by atoms with Gasteiger partial charge in [0, 0.05) is 0 Å². The number of nitrogens with two attached hydrogens (primary N) is 1. The Morgan fingerprint density at radius 1 is 1.10 bits per heavy atom. The van der Waals surface area contributed by atoms with Gasteiger partial charge in [-0.2, -0.15) is 5.26 Å². The van der Waals surface area contributed by atoms with E-state index in [9.17, 15) is 0 Å². The van der Waals surface area contributed by atoms with E-state index < -0.39 is 0 Å². The molecule has 0 saturated carbocycles. The van der Waals surface area contributed by atoms with Crippen LogP contribution < -0.4 is 5.73 Å². The van der Waals surface area contributed by atoms with Gasteiger partial charge in [-0.1, -0.05) is 36.4 Å². The van der Waals surface area contributed by atoms with Crippen molar-refractivity contribution in [2.45, 2.75) is 6.42 Å². The van der Waals surface area contributed by atoms with Gasteiger partial charge in [-0.15, -0.1) is 0 Å². The maximum Gasteiger partial charge on any atom is 0.292 e. The molecule has 0 radical (unpaired) electrons. The fourth-order valence-electron chi connectivity index (χ4n) is 1.77. The molecule has 0 aliphatic carbocycles. The molecule has 0 bridgehead atoms. The van der Waals surface area contributed by atoms with E-state index in [0.29, 0.717) is 18.6 Å². The van der Waals surface area contributed by atoms with E-state index in [-0.39, 0.29) is 0 Å². The summed E-state index contributed by atoms with van der Waals surface area (Å²) in [5, 5.41) is 8.73. The van der Waals surface area contributed by atoms with Gasteiger partial charge in [0.25, 0.3) is 6.47 Å². The number of carbonyl (C=O) groups excluding carboxylic acids is 1. The maximum absolute atomic E-state index is 8.95. The lowest BCUT2D eigenvalue weighted by Crippen LogP contribution is -2.02. The predicted molar refractivity (Wildman–Crippen MR) is 82.4 cm³/mol. The third-order valence-electron chi connectivity index (χ3n) is 2.83. The van der Waals surface area contributed by atoms with Crippen LogP contribution in [0.2, 0.25) is 0 Å². The van der Waals surface area contributed by atoms with E-state index in [2.05, 4.69) is 35.1 Å². The van der Waals surface area contributed by atoms with Crippen molar-refractivity contribution in [1.29, 1.82) is 5.26 Å². The van der Waals surface area contributed by atoms with Crippen LogP contribution in [-0.4, -0.2) is 20.1 Å². The minimum absolute atomic E-state index is 0.375. The lowest BCUT2D eigenvalue weighted by atomic mass is 10.0. The molecule has 4 heteroatoms. The first-order valence-electron chi connectivity index (χ1n) is 6.51. The second kappa shape index (κ2) is 9.29. The zero-order chi connectivity index (χ0) is 15.5. The lowest BCUT2D eigenvalue weighted by molar-refractivity contribution is -0.126. The highest BCUT2D eigenvalue weighted by Gasteiger charge is 1.98. The van der Waals surface area contributed by atoms with Crippen LogP contribution in [0.5, 0.6) is 0 Å². The molecule has 0 aliphatic heterocycles. The molecule has 0 unspecified atom stereocenters. The molecule has 2 aromatic carbocycles. The lowest BCUT2D eigenvalue weighted by Gasteiger charge is -2.03. The second-order valence-electron chi connectivity index (χ2n) is 4.26. The van der Waals surface area contributed by atoms with Crippen LogP contribution in [0, 0.1) is 11.3 Å². The maximum atomic E-state index is 8.95. The first kappa shape index (κ1) is 16.4. The van der Waals surface area contributed by atoms with Crippen LogP contribution in [0.25, 0.3) is 11.1 Å². The summed E-state index contributed by atoms with van der Waals surface area (Å²) >= 11 is 0. The summed E-state index contributed by atoms with van der Waals surface area (Å²) in [7, 11) is 1.31. The van der Waals surface area contributed by atoms with Crippen LogP contribution >= 0.6 is 0 Å². The molecule has 0 spiro atoms. The summed E-state index contributed by atoms with van der Waals surface area (Å²) in [6.07, 6.45) is 0.910. The van der Waals surface area contributed by atoms with Crippen molar-refractivity contribution in [1.82, 2.24) is 0 Å². The fraction of sp³-hybridized carbons (Fsp3) is 0.176. The van der Waals surface area contributed by atoms with Gasteiger partial charge in [-0.05, 0) is 41.8 Å². The van der Waals surface area contributed by atoms with Crippen molar-refractivity contribution in [2.24, 2.45) is 5.73 Å². The number of carbonyl (C=O) groups is 1. The summed E-state index contributed by atoms with van der Waals surface area (Å²) in [5.74, 6) is 0. The normalized spacial score (nSPS) is 9.00. The Labute approximate surface area is 124 Å². The molecule has 0 amide bonds. The third-order valence-corrected chi connectivity index (χ3v) is 2.83. The monoisotopic (exact) mass is 282 g/mol. The van der Waals surface area contributed by atoms with Crippen LogP contribution in [0.1, 0.15) is 11.1 Å². The number of ether oxygens (including phenoxy) is 1. The molecule has 0 heterocycles. The Morgan fingerprint density at radius 2 is 1.57 bits per heavy atom. The molecule has 0 saturated heterocycles. The average molecular weight is 282 g/mol. The Hall–Kier alpha value is -2.64. The molecule has 4 nitrogen and oxygen atoms in total. The summed E-state index contributed by atoms with van der Waals surface area (Å²) in [5.41, 5.74) is 9.74. The number of nitrogens with zero attached hydrogens (tertiary/aromatic N) is 1. The standard InChI is InChI=1S/C15H14N2.C2H4O2/c16-10-9-12-1-5-14(6-2-12)15-7-3-13(11-17)4-8-15;1-4-2-3/h1-8H,9-10,16H2;2H,1H3. The molecule has 108 valence electrons. The zero-order valence-electron chi connectivity index (χ0n) is 12.0. The van der Waals surface area contributed by atoms with Crippen molar-refractivity contribution in [3.05, 3.63) is 59.7 Å². The van der Waals surface area contributed by atoms with Gasteiger partial charge in [-0.3, -0.25) is 4.79 Å². The Bertz CT molecular complexity index is 584. The molecule has 2 rings (SSSR count). The number of rotatable bonds is 4. The van der Waals surface area contributed by atoms with Gasteiger partial charge < -0.3 is 10.5 Å². The third kappa shape index (κ3) is 5.47. The number of methoxy groups -OCH3 is 1. The highest BCUT2D eigenvalue weighted by Crippen LogP contribution is 2.20. The van der Waals surface area contributed by atoms with E-state index >= 15 is 0 Å². The predicted octanol–water partition coefficient (Wildman–Crippen LogP) is 2.52.